The van der Waals surface area contributed by atoms with Crippen LogP contribution in [0.2, 0.25) is 0 Å². The molecule has 0 aromatic heterocycles. The average molecular weight is 656 g/mol. The van der Waals surface area contributed by atoms with Crippen molar-refractivity contribution in [1.82, 2.24) is 10.6 Å². The molecule has 0 aliphatic heterocycles. The number of aliphatic hydroxyl groups excluding tert-OH is 1. The first-order valence-electron chi connectivity index (χ1n) is 12.8. The second-order valence-corrected chi connectivity index (χ2v) is 10.9. The van der Waals surface area contributed by atoms with E-state index < -0.39 is 54.5 Å². The van der Waals surface area contributed by atoms with Crippen LogP contribution in [0, 0.1) is 23.1 Å². The van der Waals surface area contributed by atoms with Gasteiger partial charge in [-0.2, -0.15) is 18.4 Å². The Labute approximate surface area is 247 Å². The van der Waals surface area contributed by atoms with Crippen molar-refractivity contribution >= 4 is 21.8 Å². The van der Waals surface area contributed by atoms with Crippen molar-refractivity contribution in [2.24, 2.45) is 5.92 Å². The highest BCUT2D eigenvalue weighted by molar-refractivity contribution is 9.10. The van der Waals surface area contributed by atoms with Crippen LogP contribution < -0.4 is 10.6 Å². The first-order chi connectivity index (χ1) is 19.7. The van der Waals surface area contributed by atoms with Crippen LogP contribution in [-0.2, 0) is 11.2 Å². The Morgan fingerprint density at radius 2 is 1.52 bits per heavy atom. The minimum Gasteiger partial charge on any atom is -0.382 e. The third kappa shape index (κ3) is 8.56. The van der Waals surface area contributed by atoms with E-state index in [4.69, 9.17) is 0 Å². The molecule has 224 valence electrons. The molecule has 0 saturated heterocycles. The van der Waals surface area contributed by atoms with Crippen molar-refractivity contribution < 1.29 is 36.2 Å². The third-order valence-corrected chi connectivity index (χ3v) is 7.10. The molecule has 0 aliphatic rings. The quantitative estimate of drug-likeness (QED) is 0.194. The molecule has 0 bridgehead atoms. The first-order valence-corrected chi connectivity index (χ1v) is 13.6. The van der Waals surface area contributed by atoms with Crippen LogP contribution in [0.1, 0.15) is 42.7 Å². The third-order valence-electron chi connectivity index (χ3n) is 6.60. The van der Waals surface area contributed by atoms with Crippen molar-refractivity contribution in [3.05, 3.63) is 93.7 Å². The van der Waals surface area contributed by atoms with Crippen molar-refractivity contribution in [1.29, 1.82) is 5.26 Å². The van der Waals surface area contributed by atoms with Gasteiger partial charge in [0.2, 0.25) is 5.91 Å². The lowest BCUT2D eigenvalue weighted by molar-refractivity contribution is -0.161. The first kappa shape index (κ1) is 33.1. The molecule has 3 N–H and O–H groups in total. The minimum atomic E-state index is -4.79. The molecule has 0 radical (unpaired) electrons. The maximum atomic E-state index is 14.3. The summed E-state index contributed by atoms with van der Waals surface area (Å²) in [6, 6.07) is 12.2. The van der Waals surface area contributed by atoms with Gasteiger partial charge in [-0.05, 0) is 45.9 Å². The molecule has 3 rings (SSSR count). The van der Waals surface area contributed by atoms with Crippen molar-refractivity contribution in [3.63, 3.8) is 0 Å². The van der Waals surface area contributed by atoms with Gasteiger partial charge < -0.3 is 10.4 Å². The molecule has 3 aromatic rings. The monoisotopic (exact) mass is 655 g/mol. The smallest absolute Gasteiger partial charge is 0.382 e. The number of hydrogen-bond donors (Lipinski definition) is 3. The second-order valence-electron chi connectivity index (χ2n) is 10.0. The number of alkyl halides is 5. The number of halogens is 7. The standard InChI is InChI=1S/C30H28BrF6N3O2/c1-16(2)25(29(42)39-23(15-38)13-21-11-12-22(31)14-24(21)32)40-27(30(35,36)37)20-9-5-18(6-10-20)17-3-7-19(8-4-17)26(41)28(33)34/h3-12,14,16,23,25-28,40-41H,13H2,1-2H3,(H,39,42)/t23-,25-,26+,27-/m0/s1. The van der Waals surface area contributed by atoms with Gasteiger partial charge in [0, 0.05) is 10.9 Å². The Morgan fingerprint density at radius 1 is 0.976 bits per heavy atom. The highest BCUT2D eigenvalue weighted by atomic mass is 79.9. The van der Waals surface area contributed by atoms with Gasteiger partial charge in [-0.3, -0.25) is 10.1 Å². The number of nitrogens with zero attached hydrogens (tertiary/aromatic N) is 1. The Bertz CT molecular complexity index is 1390. The molecule has 12 heteroatoms. The summed E-state index contributed by atoms with van der Waals surface area (Å²) in [5.41, 5.74) is 1.03. The number of carbonyl (C=O) groups excluding carboxylic acids is 1. The van der Waals surface area contributed by atoms with Crippen molar-refractivity contribution in [2.75, 3.05) is 0 Å². The summed E-state index contributed by atoms with van der Waals surface area (Å²) in [6.45, 7) is 3.11. The molecule has 4 atom stereocenters. The van der Waals surface area contributed by atoms with E-state index in [1.165, 1.54) is 60.7 Å². The predicted molar refractivity (Wildman–Crippen MR) is 149 cm³/mol. The van der Waals surface area contributed by atoms with Gasteiger partial charge in [0.15, 0.2) is 0 Å². The predicted octanol–water partition coefficient (Wildman–Crippen LogP) is 7.02. The Kier molecular flexibility index (Phi) is 11.2. The lowest BCUT2D eigenvalue weighted by Gasteiger charge is -2.30. The highest BCUT2D eigenvalue weighted by Gasteiger charge is 2.43. The molecule has 0 unspecified atom stereocenters. The number of rotatable bonds is 11. The molecule has 0 saturated carbocycles. The van der Waals surface area contributed by atoms with E-state index in [0.717, 1.165) is 0 Å². The molecule has 0 fully saturated rings. The number of carbonyl (C=O) groups is 1. The summed E-state index contributed by atoms with van der Waals surface area (Å²) in [5, 5.41) is 23.9. The molecule has 0 spiro atoms. The summed E-state index contributed by atoms with van der Waals surface area (Å²) < 4.78 is 82.9. The van der Waals surface area contributed by atoms with E-state index >= 15 is 0 Å². The maximum absolute atomic E-state index is 14.3. The number of aliphatic hydroxyl groups is 1. The summed E-state index contributed by atoms with van der Waals surface area (Å²) >= 11 is 3.13. The molecule has 0 aliphatic carbocycles. The van der Waals surface area contributed by atoms with Gasteiger partial charge in [-0.15, -0.1) is 0 Å². The zero-order valence-electron chi connectivity index (χ0n) is 22.5. The minimum absolute atomic E-state index is 0.00493. The SMILES string of the molecule is CC(C)[C@H](N[C@@H](c1ccc(-c2ccc([C@@H](O)C(F)F)cc2)cc1)C(F)(F)F)C(=O)N[C@H](C#N)Cc1ccc(Br)cc1F. The van der Waals surface area contributed by atoms with Gasteiger partial charge in [0.1, 0.15) is 24.0 Å². The fraction of sp³-hybridized carbons (Fsp3) is 0.333. The summed E-state index contributed by atoms with van der Waals surface area (Å²) in [5.74, 6) is -2.05. The summed E-state index contributed by atoms with van der Waals surface area (Å²) in [4.78, 5) is 13.1. The van der Waals surface area contributed by atoms with Crippen LogP contribution >= 0.6 is 15.9 Å². The number of hydrogen-bond acceptors (Lipinski definition) is 4. The molecule has 42 heavy (non-hydrogen) atoms. The van der Waals surface area contributed by atoms with Crippen LogP contribution in [0.5, 0.6) is 0 Å². The highest BCUT2D eigenvalue weighted by Crippen LogP contribution is 2.35. The van der Waals surface area contributed by atoms with Gasteiger partial charge >= 0.3 is 6.18 Å². The van der Waals surface area contributed by atoms with Crippen LogP contribution in [0.15, 0.2) is 71.2 Å². The van der Waals surface area contributed by atoms with Crippen molar-refractivity contribution in [3.8, 4) is 17.2 Å². The summed E-state index contributed by atoms with van der Waals surface area (Å²) in [6.07, 6.45) is -9.88. The normalized spacial score (nSPS) is 14.7. The van der Waals surface area contributed by atoms with E-state index in [1.807, 2.05) is 6.07 Å². The van der Waals surface area contributed by atoms with E-state index in [9.17, 15) is 41.5 Å². The van der Waals surface area contributed by atoms with Gasteiger partial charge in [0.25, 0.3) is 6.43 Å². The Morgan fingerprint density at radius 3 is 1.98 bits per heavy atom. The van der Waals surface area contributed by atoms with E-state index in [2.05, 4.69) is 26.6 Å². The average Bonchev–Trinajstić information content (AvgIpc) is 2.93. The molecule has 3 aromatic carbocycles. The second kappa shape index (κ2) is 14.2. The number of amides is 1. The lowest BCUT2D eigenvalue weighted by atomic mass is 9.96. The maximum Gasteiger partial charge on any atom is 0.407 e. The fourth-order valence-corrected chi connectivity index (χ4v) is 4.65. The van der Waals surface area contributed by atoms with Gasteiger partial charge in [-0.25, -0.2) is 13.2 Å². The topological polar surface area (TPSA) is 85.2 Å². The van der Waals surface area contributed by atoms with Crippen LogP contribution in [0.4, 0.5) is 26.3 Å². The number of nitriles is 1. The molecular weight excluding hydrogens is 628 g/mol. The number of benzene rings is 3. The fourth-order valence-electron chi connectivity index (χ4n) is 4.31. The lowest BCUT2D eigenvalue weighted by Crippen LogP contribution is -2.53. The number of nitrogens with one attached hydrogen (secondary N) is 2. The summed E-state index contributed by atoms with van der Waals surface area (Å²) in [7, 11) is 0. The van der Waals surface area contributed by atoms with Crippen LogP contribution in [-0.4, -0.2) is 35.7 Å². The molecule has 0 heterocycles. The Hall–Kier alpha value is -3.40. The molecular formula is C30H28BrF6N3O2. The van der Waals surface area contributed by atoms with E-state index in [-0.39, 0.29) is 23.1 Å². The van der Waals surface area contributed by atoms with E-state index in [1.54, 1.807) is 19.9 Å². The van der Waals surface area contributed by atoms with Crippen LogP contribution in [0.25, 0.3) is 11.1 Å². The van der Waals surface area contributed by atoms with Crippen molar-refractivity contribution in [2.45, 2.75) is 57.1 Å². The van der Waals surface area contributed by atoms with Gasteiger partial charge in [-0.1, -0.05) is 84.4 Å². The molecule has 5 nitrogen and oxygen atoms in total. The van der Waals surface area contributed by atoms with Gasteiger partial charge in [0.05, 0.1) is 12.1 Å². The largest absolute Gasteiger partial charge is 0.407 e. The zero-order valence-corrected chi connectivity index (χ0v) is 24.1. The molecule has 1 amide bonds. The zero-order chi connectivity index (χ0) is 31.2. The van der Waals surface area contributed by atoms with Crippen LogP contribution in [0.3, 0.4) is 0 Å². The van der Waals surface area contributed by atoms with E-state index in [0.29, 0.717) is 15.6 Å². The Balaban J connectivity index is 1.78.